The van der Waals surface area contributed by atoms with Crippen LogP contribution in [0.2, 0.25) is 0 Å². The molecule has 1 aliphatic carbocycles. The number of aliphatic hydroxyl groups is 1. The number of rotatable bonds is 4. The van der Waals surface area contributed by atoms with E-state index < -0.39 is 17.9 Å². The minimum absolute atomic E-state index is 0.276. The first-order valence-corrected chi connectivity index (χ1v) is 8.99. The van der Waals surface area contributed by atoms with Crippen molar-refractivity contribution in [3.05, 3.63) is 60.7 Å². The van der Waals surface area contributed by atoms with E-state index in [4.69, 9.17) is 0 Å². The molecule has 0 bridgehead atoms. The molecule has 4 aromatic rings. The first kappa shape index (κ1) is 17.0. The minimum atomic E-state index is -2.65. The molecule has 0 spiro atoms. The van der Waals surface area contributed by atoms with Gasteiger partial charge in [-0.3, -0.25) is 5.10 Å². The fourth-order valence-corrected chi connectivity index (χ4v) is 3.76. The number of pyridine rings is 1. The second-order valence-electron chi connectivity index (χ2n) is 7.22. The summed E-state index contributed by atoms with van der Waals surface area (Å²) in [6.07, 6.45) is 3.45. The predicted molar refractivity (Wildman–Crippen MR) is 99.1 cm³/mol. The van der Waals surface area contributed by atoms with Crippen LogP contribution in [-0.4, -0.2) is 35.8 Å². The summed E-state index contributed by atoms with van der Waals surface area (Å²) in [6.45, 7) is 0. The van der Waals surface area contributed by atoms with Gasteiger partial charge in [0, 0.05) is 47.8 Å². The van der Waals surface area contributed by atoms with Crippen molar-refractivity contribution >= 4 is 11.0 Å². The van der Waals surface area contributed by atoms with E-state index in [1.165, 1.54) is 6.33 Å². The van der Waals surface area contributed by atoms with Gasteiger partial charge in [-0.05, 0) is 29.8 Å². The number of aromatic amines is 1. The average Bonchev–Trinajstić information content (AvgIpc) is 3.35. The Morgan fingerprint density at radius 2 is 2.04 bits per heavy atom. The number of H-pyrrole nitrogens is 1. The lowest BCUT2D eigenvalue weighted by molar-refractivity contribution is -0.142. The third-order valence-corrected chi connectivity index (χ3v) is 5.27. The molecule has 1 aromatic carbocycles. The highest BCUT2D eigenvalue weighted by Crippen LogP contribution is 2.48. The maximum absolute atomic E-state index is 13.1. The molecule has 1 fully saturated rings. The standard InChI is InChI=1S/C20H17F2N5O/c21-20(22)8-15(9-20)17(28)14-6-13-4-5-27(19(13)23-10-14)16-3-1-2-12(7-16)18-24-11-25-26-18/h1-7,10-11,15,17,28H,8-9H2,(H,24,25,26)/t17-/m0/s1. The van der Waals surface area contributed by atoms with E-state index in [9.17, 15) is 13.9 Å². The Bertz CT molecular complexity index is 1130. The summed E-state index contributed by atoms with van der Waals surface area (Å²) in [5, 5.41) is 18.0. The van der Waals surface area contributed by atoms with Gasteiger partial charge in [0.05, 0.1) is 6.10 Å². The quantitative estimate of drug-likeness (QED) is 0.562. The third-order valence-electron chi connectivity index (χ3n) is 5.27. The van der Waals surface area contributed by atoms with Gasteiger partial charge >= 0.3 is 0 Å². The highest BCUT2D eigenvalue weighted by molar-refractivity contribution is 5.79. The highest BCUT2D eigenvalue weighted by atomic mass is 19.3. The molecule has 8 heteroatoms. The zero-order valence-corrected chi connectivity index (χ0v) is 14.8. The number of alkyl halides is 2. The Morgan fingerprint density at radius 1 is 1.18 bits per heavy atom. The van der Waals surface area contributed by atoms with Gasteiger partial charge in [0.25, 0.3) is 0 Å². The van der Waals surface area contributed by atoms with Crippen LogP contribution in [0.5, 0.6) is 0 Å². The minimum Gasteiger partial charge on any atom is -0.388 e. The van der Waals surface area contributed by atoms with Crippen molar-refractivity contribution in [3.63, 3.8) is 0 Å². The summed E-state index contributed by atoms with van der Waals surface area (Å²) in [4.78, 5) is 8.66. The fraction of sp³-hybridized carbons (Fsp3) is 0.250. The summed E-state index contributed by atoms with van der Waals surface area (Å²) in [5.74, 6) is -2.40. The summed E-state index contributed by atoms with van der Waals surface area (Å²) in [7, 11) is 0. The number of halogens is 2. The Kier molecular flexibility index (Phi) is 3.77. The normalized spacial score (nSPS) is 17.5. The molecule has 28 heavy (non-hydrogen) atoms. The first-order chi connectivity index (χ1) is 13.5. The molecular formula is C20H17F2N5O. The van der Waals surface area contributed by atoms with Gasteiger partial charge in [-0.1, -0.05) is 12.1 Å². The van der Waals surface area contributed by atoms with E-state index >= 15 is 0 Å². The van der Waals surface area contributed by atoms with E-state index in [0.717, 1.165) is 22.3 Å². The number of benzene rings is 1. The number of nitrogens with zero attached hydrogens (tertiary/aromatic N) is 4. The molecule has 0 amide bonds. The number of hydrogen-bond acceptors (Lipinski definition) is 4. The van der Waals surface area contributed by atoms with Gasteiger partial charge in [-0.15, -0.1) is 0 Å². The maximum Gasteiger partial charge on any atom is 0.248 e. The van der Waals surface area contributed by atoms with Gasteiger partial charge in [-0.2, -0.15) is 5.10 Å². The number of hydrogen-bond donors (Lipinski definition) is 2. The molecule has 1 saturated carbocycles. The molecule has 0 aliphatic heterocycles. The number of fused-ring (bicyclic) bond motifs is 1. The molecule has 1 aliphatic rings. The van der Waals surface area contributed by atoms with Crippen LogP contribution in [0.25, 0.3) is 28.1 Å². The van der Waals surface area contributed by atoms with Crippen molar-refractivity contribution in [1.29, 1.82) is 0 Å². The average molecular weight is 381 g/mol. The van der Waals surface area contributed by atoms with Crippen molar-refractivity contribution in [2.45, 2.75) is 24.9 Å². The van der Waals surface area contributed by atoms with Gasteiger partial charge in [0.2, 0.25) is 5.92 Å². The molecule has 0 saturated heterocycles. The van der Waals surface area contributed by atoms with Gasteiger partial charge in [-0.25, -0.2) is 18.7 Å². The summed E-state index contributed by atoms with van der Waals surface area (Å²) >= 11 is 0. The molecular weight excluding hydrogens is 364 g/mol. The van der Waals surface area contributed by atoms with Crippen LogP contribution in [0, 0.1) is 5.92 Å². The number of nitrogens with one attached hydrogen (secondary N) is 1. The topological polar surface area (TPSA) is 79.6 Å². The lowest BCUT2D eigenvalue weighted by atomic mass is 9.76. The molecule has 2 N–H and O–H groups in total. The second-order valence-corrected chi connectivity index (χ2v) is 7.22. The Morgan fingerprint density at radius 3 is 2.79 bits per heavy atom. The smallest absolute Gasteiger partial charge is 0.248 e. The van der Waals surface area contributed by atoms with E-state index in [0.29, 0.717) is 11.4 Å². The molecule has 3 heterocycles. The lowest BCUT2D eigenvalue weighted by Gasteiger charge is -2.37. The van der Waals surface area contributed by atoms with Crippen LogP contribution in [0.1, 0.15) is 24.5 Å². The van der Waals surface area contributed by atoms with Crippen LogP contribution < -0.4 is 0 Å². The van der Waals surface area contributed by atoms with E-state index in [2.05, 4.69) is 20.2 Å². The molecule has 0 unspecified atom stereocenters. The van der Waals surface area contributed by atoms with Crippen molar-refractivity contribution in [2.24, 2.45) is 5.92 Å². The van der Waals surface area contributed by atoms with E-state index in [-0.39, 0.29) is 12.8 Å². The summed E-state index contributed by atoms with van der Waals surface area (Å²) in [6, 6.07) is 11.5. The SMILES string of the molecule is O[C@@H](c1cnc2c(ccn2-c2cccc(-c3ncn[nH]3)c2)c1)C1CC(F)(F)C1. The van der Waals surface area contributed by atoms with Crippen molar-refractivity contribution in [2.75, 3.05) is 0 Å². The monoisotopic (exact) mass is 381 g/mol. The second kappa shape index (κ2) is 6.20. The summed E-state index contributed by atoms with van der Waals surface area (Å²) < 4.78 is 28.1. The molecule has 5 rings (SSSR count). The zero-order valence-electron chi connectivity index (χ0n) is 14.8. The Hall–Kier alpha value is -3.13. The van der Waals surface area contributed by atoms with E-state index in [1.54, 1.807) is 6.20 Å². The summed E-state index contributed by atoms with van der Waals surface area (Å²) in [5.41, 5.74) is 3.10. The van der Waals surface area contributed by atoms with E-state index in [1.807, 2.05) is 47.2 Å². The van der Waals surface area contributed by atoms with Crippen molar-refractivity contribution in [3.8, 4) is 17.1 Å². The fourth-order valence-electron chi connectivity index (χ4n) is 3.76. The predicted octanol–water partition coefficient (Wildman–Crippen LogP) is 3.89. The number of aromatic nitrogens is 5. The van der Waals surface area contributed by atoms with Crippen LogP contribution in [0.3, 0.4) is 0 Å². The van der Waals surface area contributed by atoms with Gasteiger partial charge in [0.15, 0.2) is 5.82 Å². The number of aliphatic hydroxyl groups excluding tert-OH is 1. The molecule has 0 radical (unpaired) electrons. The van der Waals surface area contributed by atoms with Crippen LogP contribution in [-0.2, 0) is 0 Å². The van der Waals surface area contributed by atoms with Crippen molar-refractivity contribution in [1.82, 2.24) is 24.7 Å². The molecule has 6 nitrogen and oxygen atoms in total. The first-order valence-electron chi connectivity index (χ1n) is 8.99. The third kappa shape index (κ3) is 2.86. The van der Waals surface area contributed by atoms with Crippen molar-refractivity contribution < 1.29 is 13.9 Å². The van der Waals surface area contributed by atoms with Crippen LogP contribution in [0.4, 0.5) is 8.78 Å². The zero-order chi connectivity index (χ0) is 19.3. The molecule has 1 atom stereocenters. The van der Waals surface area contributed by atoms with Crippen LogP contribution >= 0.6 is 0 Å². The Labute approximate surface area is 158 Å². The Balaban J connectivity index is 1.47. The van der Waals surface area contributed by atoms with Gasteiger partial charge in [0.1, 0.15) is 12.0 Å². The molecule has 3 aromatic heterocycles. The lowest BCUT2D eigenvalue weighted by Crippen LogP contribution is -2.38. The largest absolute Gasteiger partial charge is 0.388 e. The van der Waals surface area contributed by atoms with Crippen LogP contribution in [0.15, 0.2) is 55.1 Å². The molecule has 142 valence electrons. The maximum atomic E-state index is 13.1. The van der Waals surface area contributed by atoms with Gasteiger partial charge < -0.3 is 9.67 Å². The highest BCUT2D eigenvalue weighted by Gasteiger charge is 2.48.